The molecule has 0 bridgehead atoms. The van der Waals surface area contributed by atoms with Crippen LogP contribution in [0.4, 0.5) is 0 Å². The van der Waals surface area contributed by atoms with E-state index in [9.17, 15) is 9.59 Å². The first-order valence-corrected chi connectivity index (χ1v) is 7.16. The Labute approximate surface area is 128 Å². The highest BCUT2D eigenvalue weighted by Crippen LogP contribution is 2.17. The molecule has 0 saturated heterocycles. The first-order chi connectivity index (χ1) is 10.2. The number of benzene rings is 2. The number of hydrogen-bond acceptors (Lipinski definition) is 3. The van der Waals surface area contributed by atoms with Gasteiger partial charge in [0.1, 0.15) is 0 Å². The molecule has 0 unspecified atom stereocenters. The van der Waals surface area contributed by atoms with E-state index in [4.69, 9.17) is 16.3 Å². The standard InChI is InChI=1S/C17H15ClO3/c1-2-21-17(20)15-6-4-3-5-14(15)16(19)13-9-7-12(11-18)8-10-13/h3-10H,2,11H2,1H3. The average molecular weight is 303 g/mol. The molecule has 0 fully saturated rings. The van der Waals surface area contributed by atoms with Crippen molar-refractivity contribution in [2.75, 3.05) is 6.61 Å². The number of hydrogen-bond donors (Lipinski definition) is 0. The van der Waals surface area contributed by atoms with Crippen molar-refractivity contribution >= 4 is 23.4 Å². The molecule has 0 atom stereocenters. The second-order valence-electron chi connectivity index (χ2n) is 4.43. The highest BCUT2D eigenvalue weighted by atomic mass is 35.5. The molecular formula is C17H15ClO3. The highest BCUT2D eigenvalue weighted by molar-refractivity contribution is 6.17. The minimum Gasteiger partial charge on any atom is -0.462 e. The van der Waals surface area contributed by atoms with Gasteiger partial charge in [-0.3, -0.25) is 4.79 Å². The number of ketones is 1. The number of ether oxygens (including phenoxy) is 1. The van der Waals surface area contributed by atoms with Gasteiger partial charge >= 0.3 is 5.97 Å². The molecule has 4 heteroatoms. The fourth-order valence-corrected chi connectivity index (χ4v) is 2.15. The fourth-order valence-electron chi connectivity index (χ4n) is 1.97. The van der Waals surface area contributed by atoms with Gasteiger partial charge in [0.2, 0.25) is 0 Å². The molecule has 0 aliphatic rings. The highest BCUT2D eigenvalue weighted by Gasteiger charge is 2.18. The molecule has 21 heavy (non-hydrogen) atoms. The van der Waals surface area contributed by atoms with E-state index >= 15 is 0 Å². The van der Waals surface area contributed by atoms with Gasteiger partial charge in [0.05, 0.1) is 12.2 Å². The van der Waals surface area contributed by atoms with Gasteiger partial charge in [-0.2, -0.15) is 0 Å². The van der Waals surface area contributed by atoms with Crippen molar-refractivity contribution in [1.82, 2.24) is 0 Å². The first-order valence-electron chi connectivity index (χ1n) is 6.63. The van der Waals surface area contributed by atoms with Crippen LogP contribution in [0, 0.1) is 0 Å². The predicted octanol–water partition coefficient (Wildman–Crippen LogP) is 3.83. The van der Waals surface area contributed by atoms with Gasteiger partial charge in [-0.05, 0) is 18.6 Å². The van der Waals surface area contributed by atoms with Gasteiger partial charge in [0, 0.05) is 17.0 Å². The Morgan fingerprint density at radius 1 is 1.00 bits per heavy atom. The Bertz CT molecular complexity index is 647. The zero-order chi connectivity index (χ0) is 15.2. The van der Waals surface area contributed by atoms with Crippen molar-refractivity contribution < 1.29 is 14.3 Å². The third kappa shape index (κ3) is 3.50. The molecule has 0 saturated carbocycles. The van der Waals surface area contributed by atoms with Crippen molar-refractivity contribution in [3.63, 3.8) is 0 Å². The summed E-state index contributed by atoms with van der Waals surface area (Å²) in [6, 6.07) is 13.7. The second-order valence-corrected chi connectivity index (χ2v) is 4.69. The Hall–Kier alpha value is -2.13. The molecule has 0 N–H and O–H groups in total. The average Bonchev–Trinajstić information content (AvgIpc) is 2.54. The van der Waals surface area contributed by atoms with Crippen LogP contribution < -0.4 is 0 Å². The molecule has 2 aromatic rings. The van der Waals surface area contributed by atoms with Crippen molar-refractivity contribution in [3.05, 3.63) is 70.8 Å². The van der Waals surface area contributed by atoms with Crippen LogP contribution in [-0.2, 0) is 10.6 Å². The summed E-state index contributed by atoms with van der Waals surface area (Å²) in [6.07, 6.45) is 0. The zero-order valence-electron chi connectivity index (χ0n) is 11.6. The van der Waals surface area contributed by atoms with E-state index in [1.807, 2.05) is 0 Å². The van der Waals surface area contributed by atoms with Crippen LogP contribution >= 0.6 is 11.6 Å². The van der Waals surface area contributed by atoms with Crippen molar-refractivity contribution in [1.29, 1.82) is 0 Å². The summed E-state index contributed by atoms with van der Waals surface area (Å²) in [5.41, 5.74) is 2.08. The Morgan fingerprint density at radius 3 is 2.19 bits per heavy atom. The fraction of sp³-hybridized carbons (Fsp3) is 0.176. The molecule has 2 rings (SSSR count). The monoisotopic (exact) mass is 302 g/mol. The van der Waals surface area contributed by atoms with Gasteiger partial charge in [-0.1, -0.05) is 42.5 Å². The smallest absolute Gasteiger partial charge is 0.338 e. The maximum Gasteiger partial charge on any atom is 0.338 e. The minimum atomic E-state index is -0.487. The summed E-state index contributed by atoms with van der Waals surface area (Å²) in [7, 11) is 0. The summed E-state index contributed by atoms with van der Waals surface area (Å²) in [5.74, 6) is -0.299. The van der Waals surface area contributed by atoms with Crippen LogP contribution in [0.3, 0.4) is 0 Å². The normalized spacial score (nSPS) is 10.2. The van der Waals surface area contributed by atoms with Crippen LogP contribution in [-0.4, -0.2) is 18.4 Å². The molecule has 0 aliphatic carbocycles. The number of rotatable bonds is 5. The molecule has 0 aliphatic heterocycles. The lowest BCUT2D eigenvalue weighted by Crippen LogP contribution is -2.12. The lowest BCUT2D eigenvalue weighted by molar-refractivity contribution is 0.0523. The number of carbonyl (C=O) groups is 2. The van der Waals surface area contributed by atoms with Crippen molar-refractivity contribution in [3.8, 4) is 0 Å². The van der Waals surface area contributed by atoms with Gasteiger partial charge in [0.15, 0.2) is 5.78 Å². The third-order valence-corrected chi connectivity index (χ3v) is 3.35. The number of carbonyl (C=O) groups excluding carboxylic acids is 2. The lowest BCUT2D eigenvalue weighted by atomic mass is 9.98. The van der Waals surface area contributed by atoms with Gasteiger partial charge in [-0.15, -0.1) is 11.6 Å². The number of alkyl halides is 1. The third-order valence-electron chi connectivity index (χ3n) is 3.04. The molecule has 0 heterocycles. The summed E-state index contributed by atoms with van der Waals surface area (Å²) < 4.78 is 4.98. The summed E-state index contributed by atoms with van der Waals surface area (Å²) in [4.78, 5) is 24.4. The summed E-state index contributed by atoms with van der Waals surface area (Å²) in [6.45, 7) is 2.00. The van der Waals surface area contributed by atoms with E-state index in [0.717, 1.165) is 5.56 Å². The first kappa shape index (κ1) is 15.3. The Balaban J connectivity index is 2.36. The van der Waals surface area contributed by atoms with E-state index in [1.165, 1.54) is 0 Å². The minimum absolute atomic E-state index is 0.209. The van der Waals surface area contributed by atoms with E-state index in [2.05, 4.69) is 0 Å². The van der Waals surface area contributed by atoms with E-state index in [0.29, 0.717) is 17.0 Å². The van der Waals surface area contributed by atoms with E-state index < -0.39 is 5.97 Å². The molecule has 0 aromatic heterocycles. The van der Waals surface area contributed by atoms with E-state index in [1.54, 1.807) is 55.5 Å². The van der Waals surface area contributed by atoms with Crippen LogP contribution in [0.25, 0.3) is 0 Å². The van der Waals surface area contributed by atoms with E-state index in [-0.39, 0.29) is 18.0 Å². The Kier molecular flexibility index (Phi) is 5.12. The molecule has 3 nitrogen and oxygen atoms in total. The molecule has 2 aromatic carbocycles. The lowest BCUT2D eigenvalue weighted by Gasteiger charge is -2.08. The quantitative estimate of drug-likeness (QED) is 0.479. The number of halogens is 1. The number of esters is 1. The summed E-state index contributed by atoms with van der Waals surface area (Å²) in [5, 5.41) is 0. The molecule has 0 spiro atoms. The topological polar surface area (TPSA) is 43.4 Å². The van der Waals surface area contributed by atoms with Crippen LogP contribution in [0.5, 0.6) is 0 Å². The maximum absolute atomic E-state index is 12.5. The zero-order valence-corrected chi connectivity index (χ0v) is 12.4. The summed E-state index contributed by atoms with van der Waals surface area (Å²) >= 11 is 5.73. The van der Waals surface area contributed by atoms with Crippen molar-refractivity contribution in [2.45, 2.75) is 12.8 Å². The molecule has 0 amide bonds. The maximum atomic E-state index is 12.5. The van der Waals surface area contributed by atoms with Gasteiger partial charge in [-0.25, -0.2) is 4.79 Å². The van der Waals surface area contributed by atoms with Crippen LogP contribution in [0.1, 0.15) is 38.8 Å². The van der Waals surface area contributed by atoms with Crippen LogP contribution in [0.15, 0.2) is 48.5 Å². The molecular weight excluding hydrogens is 288 g/mol. The second kappa shape index (κ2) is 7.04. The van der Waals surface area contributed by atoms with Gasteiger partial charge in [0.25, 0.3) is 0 Å². The van der Waals surface area contributed by atoms with Crippen LogP contribution in [0.2, 0.25) is 0 Å². The Morgan fingerprint density at radius 2 is 1.62 bits per heavy atom. The molecule has 0 radical (unpaired) electrons. The van der Waals surface area contributed by atoms with Gasteiger partial charge < -0.3 is 4.74 Å². The largest absolute Gasteiger partial charge is 0.462 e. The molecule has 108 valence electrons. The van der Waals surface area contributed by atoms with Crippen molar-refractivity contribution in [2.24, 2.45) is 0 Å². The SMILES string of the molecule is CCOC(=O)c1ccccc1C(=O)c1ccc(CCl)cc1. The predicted molar refractivity (Wildman–Crippen MR) is 81.8 cm³/mol.